The zero-order valence-electron chi connectivity index (χ0n) is 13.7. The van der Waals surface area contributed by atoms with E-state index in [0.29, 0.717) is 28.2 Å². The van der Waals surface area contributed by atoms with Crippen LogP contribution in [0.25, 0.3) is 0 Å². The molecule has 0 saturated carbocycles. The standard InChI is InChI=1S/C17H24Cl2N4O/c18-13-1-2-15(19)16(11-13)21-17(24)4-6-22-7-9-23(10-8-22)14-3-5-20-12-14/h1-2,11,14,20H,3-10,12H2,(H,21,24). The third-order valence-electron chi connectivity index (χ3n) is 4.82. The third-order valence-corrected chi connectivity index (χ3v) is 5.38. The highest BCUT2D eigenvalue weighted by Crippen LogP contribution is 2.25. The normalized spacial score (nSPS) is 22.7. The van der Waals surface area contributed by atoms with Crippen LogP contribution in [0, 0.1) is 0 Å². The second-order valence-corrected chi connectivity index (χ2v) is 7.29. The topological polar surface area (TPSA) is 47.6 Å². The molecule has 3 rings (SSSR count). The van der Waals surface area contributed by atoms with E-state index >= 15 is 0 Å². The lowest BCUT2D eigenvalue weighted by Gasteiger charge is -2.37. The Bertz CT molecular complexity index is 570. The van der Waals surface area contributed by atoms with Crippen molar-refractivity contribution in [3.8, 4) is 0 Å². The van der Waals surface area contributed by atoms with Crippen molar-refractivity contribution in [2.75, 3.05) is 51.1 Å². The molecule has 2 fully saturated rings. The fourth-order valence-electron chi connectivity index (χ4n) is 3.37. The van der Waals surface area contributed by atoms with Gasteiger partial charge < -0.3 is 15.5 Å². The fraction of sp³-hybridized carbons (Fsp3) is 0.588. The third kappa shape index (κ3) is 4.83. The number of hydrogen-bond donors (Lipinski definition) is 2. The van der Waals surface area contributed by atoms with E-state index in [1.165, 1.54) is 6.42 Å². The first-order valence-electron chi connectivity index (χ1n) is 8.54. The molecule has 2 saturated heterocycles. The minimum absolute atomic E-state index is 0.0263. The second kappa shape index (κ2) is 8.50. The number of rotatable bonds is 5. The Kier molecular flexibility index (Phi) is 6.36. The molecule has 0 spiro atoms. The number of nitrogens with zero attached hydrogens (tertiary/aromatic N) is 2. The van der Waals surface area contributed by atoms with Gasteiger partial charge in [0.1, 0.15) is 0 Å². The molecule has 0 bridgehead atoms. The lowest BCUT2D eigenvalue weighted by atomic mass is 10.2. The molecule has 1 amide bonds. The van der Waals surface area contributed by atoms with Gasteiger partial charge in [-0.25, -0.2) is 0 Å². The number of benzene rings is 1. The van der Waals surface area contributed by atoms with E-state index in [-0.39, 0.29) is 5.91 Å². The van der Waals surface area contributed by atoms with Gasteiger partial charge in [-0.05, 0) is 31.2 Å². The highest BCUT2D eigenvalue weighted by atomic mass is 35.5. The molecule has 2 N–H and O–H groups in total. The van der Waals surface area contributed by atoms with Crippen LogP contribution in [-0.4, -0.2) is 67.6 Å². The van der Waals surface area contributed by atoms with Gasteiger partial charge in [0, 0.05) is 56.8 Å². The van der Waals surface area contributed by atoms with E-state index in [1.807, 2.05) is 0 Å². The minimum atomic E-state index is -0.0263. The summed E-state index contributed by atoms with van der Waals surface area (Å²) in [5, 5.41) is 7.34. The van der Waals surface area contributed by atoms with Gasteiger partial charge >= 0.3 is 0 Å². The van der Waals surface area contributed by atoms with Crippen molar-refractivity contribution in [3.63, 3.8) is 0 Å². The maximum atomic E-state index is 12.1. The number of amides is 1. The molecule has 1 aromatic rings. The van der Waals surface area contributed by atoms with E-state index in [9.17, 15) is 4.79 Å². The molecule has 132 valence electrons. The van der Waals surface area contributed by atoms with Gasteiger partial charge in [0.15, 0.2) is 0 Å². The Morgan fingerprint density at radius 2 is 2.04 bits per heavy atom. The van der Waals surface area contributed by atoms with Crippen LogP contribution in [0.5, 0.6) is 0 Å². The van der Waals surface area contributed by atoms with Crippen LogP contribution in [0.4, 0.5) is 5.69 Å². The molecule has 24 heavy (non-hydrogen) atoms. The molecule has 2 aliphatic heterocycles. The zero-order valence-corrected chi connectivity index (χ0v) is 15.2. The molecule has 0 aromatic heterocycles. The summed E-state index contributed by atoms with van der Waals surface area (Å²) in [5.41, 5.74) is 0.577. The Labute approximate surface area is 153 Å². The van der Waals surface area contributed by atoms with Gasteiger partial charge in [-0.1, -0.05) is 23.2 Å². The molecule has 1 unspecified atom stereocenters. The Hall–Kier alpha value is -0.850. The first kappa shape index (κ1) is 18.0. The monoisotopic (exact) mass is 370 g/mol. The van der Waals surface area contributed by atoms with E-state index in [1.54, 1.807) is 18.2 Å². The second-order valence-electron chi connectivity index (χ2n) is 6.45. The number of hydrogen-bond acceptors (Lipinski definition) is 4. The first-order valence-corrected chi connectivity index (χ1v) is 9.29. The highest BCUT2D eigenvalue weighted by molar-refractivity contribution is 6.35. The lowest BCUT2D eigenvalue weighted by Crippen LogP contribution is -2.51. The molecule has 7 heteroatoms. The zero-order chi connectivity index (χ0) is 16.9. The molecule has 2 heterocycles. The summed E-state index contributed by atoms with van der Waals surface area (Å²) < 4.78 is 0. The fourth-order valence-corrected chi connectivity index (χ4v) is 3.71. The van der Waals surface area contributed by atoms with Gasteiger partial charge in [-0.2, -0.15) is 0 Å². The summed E-state index contributed by atoms with van der Waals surface area (Å²) in [5.74, 6) is -0.0263. The average molecular weight is 371 g/mol. The van der Waals surface area contributed by atoms with Crippen molar-refractivity contribution >= 4 is 34.8 Å². The van der Waals surface area contributed by atoms with Crippen LogP contribution in [0.2, 0.25) is 10.0 Å². The number of piperazine rings is 1. The van der Waals surface area contributed by atoms with Crippen molar-refractivity contribution in [1.82, 2.24) is 15.1 Å². The summed E-state index contributed by atoms with van der Waals surface area (Å²) in [6.45, 7) is 7.27. The van der Waals surface area contributed by atoms with Crippen molar-refractivity contribution in [2.45, 2.75) is 18.9 Å². The largest absolute Gasteiger partial charge is 0.325 e. The quantitative estimate of drug-likeness (QED) is 0.834. The molecule has 0 aliphatic carbocycles. The predicted molar refractivity (Wildman–Crippen MR) is 99.0 cm³/mol. The number of carbonyl (C=O) groups excluding carboxylic acids is 1. The number of halogens is 2. The van der Waals surface area contributed by atoms with E-state index < -0.39 is 0 Å². The summed E-state index contributed by atoms with van der Waals surface area (Å²) in [4.78, 5) is 17.1. The lowest BCUT2D eigenvalue weighted by molar-refractivity contribution is -0.116. The maximum absolute atomic E-state index is 12.1. The minimum Gasteiger partial charge on any atom is -0.325 e. The van der Waals surface area contributed by atoms with Crippen LogP contribution in [0.1, 0.15) is 12.8 Å². The summed E-state index contributed by atoms with van der Waals surface area (Å²) in [7, 11) is 0. The van der Waals surface area contributed by atoms with Gasteiger partial charge in [-0.15, -0.1) is 0 Å². The molecular weight excluding hydrogens is 347 g/mol. The Morgan fingerprint density at radius 1 is 1.25 bits per heavy atom. The van der Waals surface area contributed by atoms with Gasteiger partial charge in [-0.3, -0.25) is 9.69 Å². The predicted octanol–water partition coefficient (Wildman–Crippen LogP) is 2.30. The van der Waals surface area contributed by atoms with Crippen LogP contribution < -0.4 is 10.6 Å². The van der Waals surface area contributed by atoms with E-state index in [4.69, 9.17) is 23.2 Å². The van der Waals surface area contributed by atoms with Crippen LogP contribution in [-0.2, 0) is 4.79 Å². The summed E-state index contributed by atoms with van der Waals surface area (Å²) in [6.07, 6.45) is 1.72. The van der Waals surface area contributed by atoms with Crippen molar-refractivity contribution in [3.05, 3.63) is 28.2 Å². The van der Waals surface area contributed by atoms with Crippen LogP contribution in [0.3, 0.4) is 0 Å². The number of nitrogens with one attached hydrogen (secondary N) is 2. The van der Waals surface area contributed by atoms with Crippen molar-refractivity contribution in [2.24, 2.45) is 0 Å². The number of carbonyl (C=O) groups is 1. The van der Waals surface area contributed by atoms with E-state index in [2.05, 4.69) is 20.4 Å². The van der Waals surface area contributed by atoms with Crippen LogP contribution >= 0.6 is 23.2 Å². The van der Waals surface area contributed by atoms with Gasteiger partial charge in [0.25, 0.3) is 0 Å². The Balaban J connectivity index is 1.40. The smallest absolute Gasteiger partial charge is 0.225 e. The molecule has 0 radical (unpaired) electrons. The SMILES string of the molecule is O=C(CCN1CCN(C2CCNC2)CC1)Nc1cc(Cl)ccc1Cl. The number of anilines is 1. The summed E-state index contributed by atoms with van der Waals surface area (Å²) >= 11 is 12.0. The van der Waals surface area contributed by atoms with E-state index in [0.717, 1.165) is 45.8 Å². The molecule has 2 aliphatic rings. The molecule has 1 atom stereocenters. The summed E-state index contributed by atoms with van der Waals surface area (Å²) in [6, 6.07) is 5.77. The van der Waals surface area contributed by atoms with Crippen molar-refractivity contribution in [1.29, 1.82) is 0 Å². The van der Waals surface area contributed by atoms with Crippen LogP contribution in [0.15, 0.2) is 18.2 Å². The molecule has 5 nitrogen and oxygen atoms in total. The highest BCUT2D eigenvalue weighted by Gasteiger charge is 2.25. The van der Waals surface area contributed by atoms with Gasteiger partial charge in [0.2, 0.25) is 5.91 Å². The first-order chi connectivity index (χ1) is 11.6. The van der Waals surface area contributed by atoms with Gasteiger partial charge in [0.05, 0.1) is 10.7 Å². The average Bonchev–Trinajstić information content (AvgIpc) is 3.11. The molecule has 1 aromatic carbocycles. The maximum Gasteiger partial charge on any atom is 0.225 e. The molecular formula is C17H24Cl2N4O. The Morgan fingerprint density at radius 3 is 2.75 bits per heavy atom. The van der Waals surface area contributed by atoms with Crippen molar-refractivity contribution < 1.29 is 4.79 Å².